The van der Waals surface area contributed by atoms with E-state index in [4.69, 9.17) is 9.97 Å². The lowest BCUT2D eigenvalue weighted by Gasteiger charge is -2.39. The summed E-state index contributed by atoms with van der Waals surface area (Å²) in [7, 11) is 0. The van der Waals surface area contributed by atoms with Crippen molar-refractivity contribution in [3.05, 3.63) is 180 Å². The normalized spacial score (nSPS) is 15.6. The van der Waals surface area contributed by atoms with E-state index < -0.39 is 5.41 Å². The van der Waals surface area contributed by atoms with Crippen LogP contribution in [0, 0.1) is 0 Å². The first-order chi connectivity index (χ1) is 26.7. The lowest BCUT2D eigenvalue weighted by atomic mass is 9.63. The van der Waals surface area contributed by atoms with Gasteiger partial charge in [-0.05, 0) is 100 Å². The van der Waals surface area contributed by atoms with Gasteiger partial charge in [-0.1, -0.05) is 109 Å². The Morgan fingerprint density at radius 1 is 0.444 bits per heavy atom. The molecule has 250 valence electrons. The molecule has 2 aliphatic rings. The molecule has 0 amide bonds. The fraction of sp³-hybridized carbons (Fsp3) is 0.0400. The van der Waals surface area contributed by atoms with Crippen molar-refractivity contribution < 1.29 is 0 Å². The zero-order valence-corrected chi connectivity index (χ0v) is 29.4. The van der Waals surface area contributed by atoms with Crippen LogP contribution in [0.1, 0.15) is 23.6 Å². The SMILES string of the molecule is CC12c3ccc4c(c3)c3c(cccc3n4-c3ccccc3)-c3nc(nc4ccccc34)-n3c4ccccc4c4cc(c1cc43)-c1cccc3cccc2c13. The van der Waals surface area contributed by atoms with Crippen LogP contribution in [0.3, 0.4) is 0 Å². The largest absolute Gasteiger partial charge is 0.309 e. The van der Waals surface area contributed by atoms with Gasteiger partial charge in [-0.25, -0.2) is 9.97 Å². The van der Waals surface area contributed by atoms with Crippen molar-refractivity contribution >= 4 is 65.3 Å². The van der Waals surface area contributed by atoms with Gasteiger partial charge in [-0.2, -0.15) is 0 Å². The highest BCUT2D eigenvalue weighted by atomic mass is 15.2. The van der Waals surface area contributed by atoms with Gasteiger partial charge in [-0.3, -0.25) is 4.57 Å². The quantitative estimate of drug-likeness (QED) is 0.172. The maximum Gasteiger partial charge on any atom is 0.235 e. The number of nitrogens with zero attached hydrogens (tertiary/aromatic N) is 4. The average molecular weight is 687 g/mol. The molecule has 54 heavy (non-hydrogen) atoms. The topological polar surface area (TPSA) is 35.6 Å². The van der Waals surface area contributed by atoms with Crippen molar-refractivity contribution in [3.8, 4) is 34.0 Å². The first-order valence-corrected chi connectivity index (χ1v) is 18.7. The van der Waals surface area contributed by atoms with Gasteiger partial charge in [0.1, 0.15) is 0 Å². The van der Waals surface area contributed by atoms with E-state index >= 15 is 0 Å². The van der Waals surface area contributed by atoms with E-state index in [0.717, 1.165) is 44.4 Å². The van der Waals surface area contributed by atoms with Crippen molar-refractivity contribution in [2.75, 3.05) is 0 Å². The molecule has 0 saturated heterocycles. The standard InChI is InChI=1S/C50H30N4/c1-50-30-24-25-43-38(26-30)47-35(19-11-23-44(47)53(43)31-14-3-2-4-15-31)48-34-17-5-7-21-41(34)51-49(52-48)54-42-22-8-6-16-32(42)37-27-36(40(50)28-45(37)54)33-18-9-12-29-13-10-20-39(50)46(29)33/h2-28H,1H3. The predicted octanol–water partition coefficient (Wildman–Crippen LogP) is 12.3. The number of benzene rings is 8. The average Bonchev–Trinajstić information content (AvgIpc) is 3.74. The number of aromatic nitrogens is 4. The molecule has 4 nitrogen and oxygen atoms in total. The van der Waals surface area contributed by atoms with E-state index in [1.165, 1.54) is 65.7 Å². The zero-order valence-electron chi connectivity index (χ0n) is 29.4. The van der Waals surface area contributed by atoms with E-state index in [1.807, 2.05) is 0 Å². The third-order valence-corrected chi connectivity index (χ3v) is 12.5. The van der Waals surface area contributed by atoms with Gasteiger partial charge in [0.15, 0.2) is 0 Å². The van der Waals surface area contributed by atoms with Crippen LogP contribution in [0.25, 0.3) is 99.3 Å². The Labute approximate surface area is 310 Å². The van der Waals surface area contributed by atoms with E-state index in [-0.39, 0.29) is 0 Å². The molecule has 1 aliphatic carbocycles. The molecular weight excluding hydrogens is 657 g/mol. The summed E-state index contributed by atoms with van der Waals surface area (Å²) in [6, 6.07) is 60.4. The van der Waals surface area contributed by atoms with Crippen molar-refractivity contribution in [1.29, 1.82) is 0 Å². The number of para-hydroxylation sites is 3. The van der Waals surface area contributed by atoms with Gasteiger partial charge in [0.05, 0.1) is 33.3 Å². The lowest BCUT2D eigenvalue weighted by molar-refractivity contribution is 0.699. The summed E-state index contributed by atoms with van der Waals surface area (Å²) < 4.78 is 4.73. The molecule has 11 aromatic rings. The molecule has 13 rings (SSSR count). The maximum absolute atomic E-state index is 5.60. The molecule has 6 bridgehead atoms. The number of hydrogen-bond donors (Lipinski definition) is 0. The van der Waals surface area contributed by atoms with Crippen LogP contribution in [-0.4, -0.2) is 19.1 Å². The number of rotatable bonds is 1. The Morgan fingerprint density at radius 2 is 1.19 bits per heavy atom. The van der Waals surface area contributed by atoms with Gasteiger partial charge < -0.3 is 4.57 Å². The summed E-state index contributed by atoms with van der Waals surface area (Å²) in [5.74, 6) is 0.677. The summed E-state index contributed by atoms with van der Waals surface area (Å²) in [5, 5.41) is 8.44. The van der Waals surface area contributed by atoms with E-state index in [1.54, 1.807) is 0 Å². The highest BCUT2D eigenvalue weighted by Gasteiger charge is 2.40. The summed E-state index contributed by atoms with van der Waals surface area (Å²) in [5.41, 5.74) is 14.6. The first kappa shape index (κ1) is 28.5. The minimum absolute atomic E-state index is 0.471. The van der Waals surface area contributed by atoms with Crippen LogP contribution in [0.4, 0.5) is 0 Å². The Hall–Kier alpha value is -7.04. The minimum Gasteiger partial charge on any atom is -0.309 e. The molecular formula is C50H30N4. The van der Waals surface area contributed by atoms with Gasteiger partial charge in [0, 0.05) is 43.6 Å². The maximum atomic E-state index is 5.60. The summed E-state index contributed by atoms with van der Waals surface area (Å²) in [4.78, 5) is 11.0. The second-order valence-corrected chi connectivity index (χ2v) is 15.1. The molecule has 1 unspecified atom stereocenters. The fourth-order valence-corrected chi connectivity index (χ4v) is 10.1. The van der Waals surface area contributed by atoms with Gasteiger partial charge in [0.2, 0.25) is 5.95 Å². The third-order valence-electron chi connectivity index (χ3n) is 12.5. The molecule has 1 aliphatic heterocycles. The second-order valence-electron chi connectivity index (χ2n) is 15.1. The highest BCUT2D eigenvalue weighted by Crippen LogP contribution is 2.54. The molecule has 1 atom stereocenters. The zero-order chi connectivity index (χ0) is 35.3. The molecule has 0 saturated carbocycles. The summed E-state index contributed by atoms with van der Waals surface area (Å²) in [6.45, 7) is 2.44. The molecule has 8 aromatic carbocycles. The van der Waals surface area contributed by atoms with Crippen LogP contribution in [0.15, 0.2) is 164 Å². The molecule has 0 spiro atoms. The van der Waals surface area contributed by atoms with Crippen LogP contribution in [0.2, 0.25) is 0 Å². The Morgan fingerprint density at radius 3 is 2.09 bits per heavy atom. The van der Waals surface area contributed by atoms with E-state index in [9.17, 15) is 0 Å². The monoisotopic (exact) mass is 686 g/mol. The molecule has 4 heterocycles. The minimum atomic E-state index is -0.471. The van der Waals surface area contributed by atoms with Gasteiger partial charge in [0.25, 0.3) is 0 Å². The Kier molecular flexibility index (Phi) is 5.22. The fourth-order valence-electron chi connectivity index (χ4n) is 10.1. The van der Waals surface area contributed by atoms with Crippen molar-refractivity contribution in [1.82, 2.24) is 19.1 Å². The van der Waals surface area contributed by atoms with Crippen molar-refractivity contribution in [2.45, 2.75) is 12.3 Å². The lowest BCUT2D eigenvalue weighted by Crippen LogP contribution is -2.29. The summed E-state index contributed by atoms with van der Waals surface area (Å²) >= 11 is 0. The smallest absolute Gasteiger partial charge is 0.235 e. The molecule has 3 aromatic heterocycles. The van der Waals surface area contributed by atoms with Crippen LogP contribution >= 0.6 is 0 Å². The first-order valence-electron chi connectivity index (χ1n) is 18.7. The number of hydrogen-bond acceptors (Lipinski definition) is 2. The Balaban J connectivity index is 1.32. The van der Waals surface area contributed by atoms with Crippen molar-refractivity contribution in [2.24, 2.45) is 0 Å². The predicted molar refractivity (Wildman–Crippen MR) is 222 cm³/mol. The van der Waals surface area contributed by atoms with Crippen molar-refractivity contribution in [3.63, 3.8) is 0 Å². The Bertz CT molecular complexity index is 3450. The van der Waals surface area contributed by atoms with Crippen LogP contribution < -0.4 is 0 Å². The van der Waals surface area contributed by atoms with E-state index in [2.05, 4.69) is 180 Å². The third kappa shape index (κ3) is 3.40. The molecule has 0 N–H and O–H groups in total. The highest BCUT2D eigenvalue weighted by molar-refractivity contribution is 6.18. The molecule has 0 radical (unpaired) electrons. The summed E-state index contributed by atoms with van der Waals surface area (Å²) in [6.07, 6.45) is 0. The molecule has 0 fully saturated rings. The van der Waals surface area contributed by atoms with Gasteiger partial charge >= 0.3 is 0 Å². The van der Waals surface area contributed by atoms with Gasteiger partial charge in [-0.15, -0.1) is 0 Å². The van der Waals surface area contributed by atoms with Crippen LogP contribution in [-0.2, 0) is 5.41 Å². The number of fused-ring (bicyclic) bond motifs is 13. The second kappa shape index (κ2) is 9.88. The molecule has 4 heteroatoms. The van der Waals surface area contributed by atoms with E-state index in [0.29, 0.717) is 5.95 Å². The van der Waals surface area contributed by atoms with Crippen LogP contribution in [0.5, 0.6) is 0 Å².